The van der Waals surface area contributed by atoms with Gasteiger partial charge in [-0.3, -0.25) is 14.9 Å². The van der Waals surface area contributed by atoms with Gasteiger partial charge >= 0.3 is 0 Å². The van der Waals surface area contributed by atoms with Crippen LogP contribution in [-0.4, -0.2) is 11.8 Å². The van der Waals surface area contributed by atoms with E-state index in [1.807, 2.05) is 13.0 Å². The van der Waals surface area contributed by atoms with Gasteiger partial charge in [-0.05, 0) is 30.7 Å². The van der Waals surface area contributed by atoms with Gasteiger partial charge in [0.25, 0.3) is 5.91 Å². The second-order valence-electron chi connectivity index (χ2n) is 3.03. The first-order valence-electron chi connectivity index (χ1n) is 4.08. The zero-order valence-corrected chi connectivity index (χ0v) is 9.51. The smallest absolute Gasteiger partial charge is 0.257 e. The lowest BCUT2D eigenvalue weighted by Gasteiger charge is -2.03. The maximum atomic E-state index is 11.4. The van der Waals surface area contributed by atoms with Gasteiger partial charge in [0.2, 0.25) is 5.91 Å². The minimum atomic E-state index is -0.373. The summed E-state index contributed by atoms with van der Waals surface area (Å²) in [6.45, 7) is 3.19. The summed E-state index contributed by atoms with van der Waals surface area (Å²) in [4.78, 5) is 22.1. The van der Waals surface area contributed by atoms with Crippen molar-refractivity contribution in [3.8, 4) is 0 Å². The normalized spacial score (nSPS) is 9.64. The Morgan fingerprint density at radius 1 is 1.29 bits per heavy atom. The van der Waals surface area contributed by atoms with Crippen LogP contribution in [0.15, 0.2) is 22.7 Å². The van der Waals surface area contributed by atoms with Gasteiger partial charge in [0.1, 0.15) is 0 Å². The maximum Gasteiger partial charge on any atom is 0.257 e. The summed E-state index contributed by atoms with van der Waals surface area (Å²) in [5.41, 5.74) is 1.44. The summed E-state index contributed by atoms with van der Waals surface area (Å²) in [5, 5.41) is 2.21. The molecule has 0 atom stereocenters. The minimum absolute atomic E-state index is 0.354. The van der Waals surface area contributed by atoms with Crippen LogP contribution < -0.4 is 5.32 Å². The van der Waals surface area contributed by atoms with E-state index in [-0.39, 0.29) is 11.8 Å². The van der Waals surface area contributed by atoms with Gasteiger partial charge in [0, 0.05) is 17.0 Å². The van der Waals surface area contributed by atoms with Crippen molar-refractivity contribution in [1.29, 1.82) is 0 Å². The van der Waals surface area contributed by atoms with E-state index < -0.39 is 0 Å². The monoisotopic (exact) mass is 255 g/mol. The number of hydrogen-bond donors (Lipinski definition) is 1. The lowest BCUT2D eigenvalue weighted by Crippen LogP contribution is -2.27. The lowest BCUT2D eigenvalue weighted by molar-refractivity contribution is -0.118. The zero-order valence-electron chi connectivity index (χ0n) is 7.93. The standard InChI is InChI=1S/C10H10BrNO2/c1-6-3-8(5-9(11)4-6)10(14)12-7(2)13/h3-5H,1-2H3,(H,12,13,14). The summed E-state index contributed by atoms with van der Waals surface area (Å²) < 4.78 is 0.825. The molecule has 0 bridgehead atoms. The number of nitrogens with one attached hydrogen (secondary N) is 1. The number of hydrogen-bond acceptors (Lipinski definition) is 2. The molecule has 0 fully saturated rings. The quantitative estimate of drug-likeness (QED) is 0.835. The highest BCUT2D eigenvalue weighted by molar-refractivity contribution is 9.10. The van der Waals surface area contributed by atoms with E-state index in [4.69, 9.17) is 0 Å². The molecule has 2 amide bonds. The molecule has 1 rings (SSSR count). The molecule has 14 heavy (non-hydrogen) atoms. The van der Waals surface area contributed by atoms with Gasteiger partial charge < -0.3 is 0 Å². The van der Waals surface area contributed by atoms with Crippen molar-refractivity contribution in [2.75, 3.05) is 0 Å². The Hall–Kier alpha value is -1.16. The second kappa shape index (κ2) is 4.37. The molecule has 0 aliphatic heterocycles. The van der Waals surface area contributed by atoms with Gasteiger partial charge in [-0.25, -0.2) is 0 Å². The molecule has 0 aromatic heterocycles. The van der Waals surface area contributed by atoms with Crippen molar-refractivity contribution in [1.82, 2.24) is 5.32 Å². The Labute approximate surface area is 90.6 Å². The van der Waals surface area contributed by atoms with Crippen molar-refractivity contribution < 1.29 is 9.59 Å². The third kappa shape index (κ3) is 2.96. The van der Waals surface area contributed by atoms with E-state index in [2.05, 4.69) is 21.2 Å². The molecule has 74 valence electrons. The number of benzene rings is 1. The molecule has 4 heteroatoms. The number of carbonyl (C=O) groups excluding carboxylic acids is 2. The molecule has 0 unspecified atom stereocenters. The fourth-order valence-corrected chi connectivity index (χ4v) is 1.71. The molecule has 0 heterocycles. The summed E-state index contributed by atoms with van der Waals surface area (Å²) in [6, 6.07) is 5.29. The number of rotatable bonds is 1. The highest BCUT2D eigenvalue weighted by Crippen LogP contribution is 2.15. The molecule has 0 saturated carbocycles. The minimum Gasteiger partial charge on any atom is -0.293 e. The summed E-state index contributed by atoms with van der Waals surface area (Å²) >= 11 is 3.28. The van der Waals surface area contributed by atoms with Crippen molar-refractivity contribution >= 4 is 27.7 Å². The zero-order chi connectivity index (χ0) is 10.7. The summed E-state index contributed by atoms with van der Waals surface area (Å²) in [6.07, 6.45) is 0. The predicted molar refractivity (Wildman–Crippen MR) is 57.0 cm³/mol. The third-order valence-electron chi connectivity index (χ3n) is 1.59. The third-order valence-corrected chi connectivity index (χ3v) is 2.05. The topological polar surface area (TPSA) is 46.2 Å². The van der Waals surface area contributed by atoms with Crippen LogP contribution in [0.25, 0.3) is 0 Å². The second-order valence-corrected chi connectivity index (χ2v) is 3.94. The van der Waals surface area contributed by atoms with Crippen LogP contribution >= 0.6 is 15.9 Å². The van der Waals surface area contributed by atoms with Gasteiger partial charge in [0.05, 0.1) is 0 Å². The molecule has 0 spiro atoms. The van der Waals surface area contributed by atoms with Gasteiger partial charge in [-0.2, -0.15) is 0 Å². The molecule has 0 saturated heterocycles. The highest BCUT2D eigenvalue weighted by Gasteiger charge is 2.07. The van der Waals surface area contributed by atoms with Crippen LogP contribution in [0, 0.1) is 6.92 Å². The molecule has 1 aromatic carbocycles. The number of aryl methyl sites for hydroxylation is 1. The number of carbonyl (C=O) groups is 2. The van der Waals surface area contributed by atoms with Crippen LogP contribution in [0.4, 0.5) is 0 Å². The molecule has 3 nitrogen and oxygen atoms in total. The predicted octanol–water partition coefficient (Wildman–Crippen LogP) is 2.03. The van der Waals surface area contributed by atoms with Crippen LogP contribution in [0.1, 0.15) is 22.8 Å². The van der Waals surface area contributed by atoms with Crippen molar-refractivity contribution in [2.24, 2.45) is 0 Å². The van der Waals surface area contributed by atoms with E-state index in [9.17, 15) is 9.59 Å². The number of imide groups is 1. The van der Waals surface area contributed by atoms with E-state index in [0.29, 0.717) is 5.56 Å². The largest absolute Gasteiger partial charge is 0.293 e. The number of halogens is 1. The van der Waals surface area contributed by atoms with Crippen molar-refractivity contribution in [2.45, 2.75) is 13.8 Å². The first kappa shape index (κ1) is 10.9. The molecule has 0 radical (unpaired) electrons. The SMILES string of the molecule is CC(=O)NC(=O)c1cc(C)cc(Br)c1. The van der Waals surface area contributed by atoms with E-state index in [1.54, 1.807) is 12.1 Å². The first-order valence-corrected chi connectivity index (χ1v) is 4.87. The Morgan fingerprint density at radius 3 is 2.43 bits per heavy atom. The molecule has 1 aromatic rings. The Kier molecular flexibility index (Phi) is 3.41. The highest BCUT2D eigenvalue weighted by atomic mass is 79.9. The van der Waals surface area contributed by atoms with Crippen LogP contribution in [-0.2, 0) is 4.79 Å². The molecular formula is C10H10BrNO2. The first-order chi connectivity index (χ1) is 6.49. The van der Waals surface area contributed by atoms with Crippen LogP contribution in [0.5, 0.6) is 0 Å². The summed E-state index contributed by atoms with van der Waals surface area (Å²) in [5.74, 6) is -0.727. The van der Waals surface area contributed by atoms with Crippen molar-refractivity contribution in [3.63, 3.8) is 0 Å². The molecule has 0 aliphatic carbocycles. The van der Waals surface area contributed by atoms with Crippen molar-refractivity contribution in [3.05, 3.63) is 33.8 Å². The summed E-state index contributed by atoms with van der Waals surface area (Å²) in [7, 11) is 0. The average molecular weight is 256 g/mol. The van der Waals surface area contributed by atoms with E-state index in [0.717, 1.165) is 10.0 Å². The fraction of sp³-hybridized carbons (Fsp3) is 0.200. The Morgan fingerprint density at radius 2 is 1.93 bits per heavy atom. The van der Waals surface area contributed by atoms with E-state index >= 15 is 0 Å². The van der Waals surface area contributed by atoms with Gasteiger partial charge in [0.15, 0.2) is 0 Å². The average Bonchev–Trinajstić information content (AvgIpc) is 2.00. The fourth-order valence-electron chi connectivity index (χ4n) is 1.10. The molecular weight excluding hydrogens is 246 g/mol. The van der Waals surface area contributed by atoms with Gasteiger partial charge in [-0.1, -0.05) is 15.9 Å². The maximum absolute atomic E-state index is 11.4. The lowest BCUT2D eigenvalue weighted by atomic mass is 10.1. The Bertz CT molecular complexity index is 367. The van der Waals surface area contributed by atoms with Gasteiger partial charge in [-0.15, -0.1) is 0 Å². The van der Waals surface area contributed by atoms with Crippen LogP contribution in [0.3, 0.4) is 0 Å². The molecule has 0 aliphatic rings. The van der Waals surface area contributed by atoms with Crippen LogP contribution in [0.2, 0.25) is 0 Å². The van der Waals surface area contributed by atoms with E-state index in [1.165, 1.54) is 6.92 Å². The molecule has 1 N–H and O–H groups in total. The number of amides is 2. The Balaban J connectivity index is 2.95.